The molecule has 2 rings (SSSR count). The summed E-state index contributed by atoms with van der Waals surface area (Å²) in [7, 11) is 0. The molecule has 1 unspecified atom stereocenters. The Hall–Kier alpha value is -2.04. The van der Waals surface area contributed by atoms with Crippen LogP contribution in [0.3, 0.4) is 0 Å². The molecule has 0 aromatic heterocycles. The highest BCUT2D eigenvalue weighted by atomic mass is 16.5. The van der Waals surface area contributed by atoms with Gasteiger partial charge in [0.2, 0.25) is 0 Å². The first kappa shape index (κ1) is 12.4. The number of hydrogen-bond donors (Lipinski definition) is 1. The highest BCUT2D eigenvalue weighted by Crippen LogP contribution is 2.13. The van der Waals surface area contributed by atoms with Gasteiger partial charge in [-0.05, 0) is 31.2 Å². The van der Waals surface area contributed by atoms with E-state index in [1.807, 2.05) is 6.92 Å². The molecule has 1 aliphatic rings. The van der Waals surface area contributed by atoms with Crippen molar-refractivity contribution in [3.63, 3.8) is 0 Å². The van der Waals surface area contributed by atoms with E-state index in [1.165, 1.54) is 0 Å². The lowest BCUT2D eigenvalue weighted by Crippen LogP contribution is -2.37. The number of amides is 1. The largest absolute Gasteiger partial charge is 0.494 e. The Balaban J connectivity index is 1.98. The van der Waals surface area contributed by atoms with Crippen LogP contribution in [-0.2, 0) is 9.53 Å². The number of carbonyl (C=O) groups excluding carboxylic acids is 2. The molecule has 0 saturated carbocycles. The molecule has 1 atom stereocenters. The van der Waals surface area contributed by atoms with Gasteiger partial charge in [0.1, 0.15) is 11.8 Å². The van der Waals surface area contributed by atoms with E-state index in [9.17, 15) is 9.59 Å². The number of cyclic esters (lactones) is 1. The number of benzene rings is 1. The molecule has 1 N–H and O–H groups in total. The van der Waals surface area contributed by atoms with Gasteiger partial charge in [-0.2, -0.15) is 0 Å². The molecule has 1 fully saturated rings. The Bertz CT molecular complexity index is 441. The van der Waals surface area contributed by atoms with E-state index in [2.05, 4.69) is 5.32 Å². The summed E-state index contributed by atoms with van der Waals surface area (Å²) in [5, 5.41) is 2.64. The molecule has 18 heavy (non-hydrogen) atoms. The maximum absolute atomic E-state index is 11.9. The van der Waals surface area contributed by atoms with Crippen LogP contribution >= 0.6 is 0 Å². The van der Waals surface area contributed by atoms with Gasteiger partial charge < -0.3 is 14.8 Å². The van der Waals surface area contributed by atoms with Crippen LogP contribution in [0, 0.1) is 0 Å². The summed E-state index contributed by atoms with van der Waals surface area (Å²) in [5.74, 6) is 0.0745. The highest BCUT2D eigenvalue weighted by molar-refractivity contribution is 5.97. The van der Waals surface area contributed by atoms with Gasteiger partial charge >= 0.3 is 5.97 Å². The normalized spacial score (nSPS) is 18.3. The first-order valence-electron chi connectivity index (χ1n) is 5.91. The van der Waals surface area contributed by atoms with Crippen molar-refractivity contribution in [3.05, 3.63) is 29.8 Å². The average molecular weight is 249 g/mol. The zero-order valence-corrected chi connectivity index (χ0v) is 10.1. The Morgan fingerprint density at radius 1 is 1.44 bits per heavy atom. The van der Waals surface area contributed by atoms with Crippen molar-refractivity contribution in [2.75, 3.05) is 13.2 Å². The standard InChI is InChI=1S/C13H15NO4/c1-2-17-10-5-3-9(4-6-10)12(15)14-11-7-8-18-13(11)16/h3-6,11H,2,7-8H2,1H3,(H,14,15). The molecule has 1 aliphatic heterocycles. The molecule has 1 aromatic carbocycles. The number of carbonyl (C=O) groups is 2. The molecule has 1 aromatic rings. The third-order valence-corrected chi connectivity index (χ3v) is 2.67. The molecular formula is C13H15NO4. The number of hydrogen-bond acceptors (Lipinski definition) is 4. The molecule has 0 bridgehead atoms. The number of rotatable bonds is 4. The van der Waals surface area contributed by atoms with Gasteiger partial charge in [0.25, 0.3) is 5.91 Å². The van der Waals surface area contributed by atoms with Crippen molar-refractivity contribution < 1.29 is 19.1 Å². The van der Waals surface area contributed by atoms with Crippen LogP contribution in [0.1, 0.15) is 23.7 Å². The molecule has 1 saturated heterocycles. The van der Waals surface area contributed by atoms with E-state index < -0.39 is 6.04 Å². The Kier molecular flexibility index (Phi) is 3.82. The van der Waals surface area contributed by atoms with Crippen LogP contribution in [0.4, 0.5) is 0 Å². The topological polar surface area (TPSA) is 64.6 Å². The Labute approximate surface area is 105 Å². The van der Waals surface area contributed by atoms with Crippen LogP contribution in [0.25, 0.3) is 0 Å². The number of esters is 1. The third-order valence-electron chi connectivity index (χ3n) is 2.67. The molecule has 5 nitrogen and oxygen atoms in total. The molecule has 0 spiro atoms. The molecule has 0 radical (unpaired) electrons. The highest BCUT2D eigenvalue weighted by Gasteiger charge is 2.28. The van der Waals surface area contributed by atoms with Gasteiger partial charge in [-0.15, -0.1) is 0 Å². The summed E-state index contributed by atoms with van der Waals surface area (Å²) in [6.07, 6.45) is 0.529. The Morgan fingerprint density at radius 3 is 2.72 bits per heavy atom. The smallest absolute Gasteiger partial charge is 0.328 e. The molecule has 0 aliphatic carbocycles. The van der Waals surface area contributed by atoms with Gasteiger partial charge in [-0.1, -0.05) is 0 Å². The van der Waals surface area contributed by atoms with E-state index in [-0.39, 0.29) is 11.9 Å². The maximum Gasteiger partial charge on any atom is 0.328 e. The van der Waals surface area contributed by atoms with Gasteiger partial charge in [0.05, 0.1) is 13.2 Å². The average Bonchev–Trinajstić information content (AvgIpc) is 2.76. The first-order valence-corrected chi connectivity index (χ1v) is 5.91. The predicted octanol–water partition coefficient (Wildman–Crippen LogP) is 1.13. The van der Waals surface area contributed by atoms with Gasteiger partial charge in [-0.3, -0.25) is 4.79 Å². The summed E-state index contributed by atoms with van der Waals surface area (Å²) in [6, 6.07) is 6.27. The van der Waals surface area contributed by atoms with Crippen LogP contribution in [0.2, 0.25) is 0 Å². The predicted molar refractivity (Wildman–Crippen MR) is 64.4 cm³/mol. The second kappa shape index (κ2) is 5.53. The van der Waals surface area contributed by atoms with E-state index in [0.717, 1.165) is 0 Å². The summed E-state index contributed by atoms with van der Waals surface area (Å²) < 4.78 is 10.1. The lowest BCUT2D eigenvalue weighted by Gasteiger charge is -2.09. The van der Waals surface area contributed by atoms with E-state index in [4.69, 9.17) is 9.47 Å². The van der Waals surface area contributed by atoms with Crippen molar-refractivity contribution in [2.24, 2.45) is 0 Å². The van der Waals surface area contributed by atoms with Gasteiger partial charge in [-0.25, -0.2) is 4.79 Å². The van der Waals surface area contributed by atoms with Crippen LogP contribution in [0.15, 0.2) is 24.3 Å². The van der Waals surface area contributed by atoms with Crippen LogP contribution in [0.5, 0.6) is 5.75 Å². The fourth-order valence-electron chi connectivity index (χ4n) is 1.74. The molecular weight excluding hydrogens is 234 g/mol. The summed E-state index contributed by atoms with van der Waals surface area (Å²) in [4.78, 5) is 23.1. The summed E-state index contributed by atoms with van der Waals surface area (Å²) in [6.45, 7) is 2.85. The minimum absolute atomic E-state index is 0.276. The zero-order valence-electron chi connectivity index (χ0n) is 10.1. The lowest BCUT2D eigenvalue weighted by molar-refractivity contribution is -0.139. The summed E-state index contributed by atoms with van der Waals surface area (Å²) >= 11 is 0. The minimum Gasteiger partial charge on any atom is -0.494 e. The molecule has 96 valence electrons. The number of nitrogens with one attached hydrogen (secondary N) is 1. The summed E-state index contributed by atoms with van der Waals surface area (Å²) in [5.41, 5.74) is 0.498. The Morgan fingerprint density at radius 2 is 2.17 bits per heavy atom. The van der Waals surface area contributed by atoms with E-state index >= 15 is 0 Å². The van der Waals surface area contributed by atoms with Crippen LogP contribution in [-0.4, -0.2) is 31.1 Å². The van der Waals surface area contributed by atoms with Crippen molar-refractivity contribution in [2.45, 2.75) is 19.4 Å². The van der Waals surface area contributed by atoms with E-state index in [1.54, 1.807) is 24.3 Å². The van der Waals surface area contributed by atoms with Crippen molar-refractivity contribution in [3.8, 4) is 5.75 Å². The van der Waals surface area contributed by atoms with E-state index in [0.29, 0.717) is 30.9 Å². The monoisotopic (exact) mass is 249 g/mol. The fraction of sp³-hybridized carbons (Fsp3) is 0.385. The second-order valence-corrected chi connectivity index (χ2v) is 3.94. The zero-order chi connectivity index (χ0) is 13.0. The van der Waals surface area contributed by atoms with Crippen molar-refractivity contribution in [1.82, 2.24) is 5.32 Å². The fourth-order valence-corrected chi connectivity index (χ4v) is 1.74. The molecule has 1 heterocycles. The van der Waals surface area contributed by atoms with Crippen molar-refractivity contribution in [1.29, 1.82) is 0 Å². The first-order chi connectivity index (χ1) is 8.70. The number of ether oxygens (including phenoxy) is 2. The van der Waals surface area contributed by atoms with Crippen LogP contribution < -0.4 is 10.1 Å². The minimum atomic E-state index is -0.524. The SMILES string of the molecule is CCOc1ccc(C(=O)NC2CCOC2=O)cc1. The van der Waals surface area contributed by atoms with Gasteiger partial charge in [0.15, 0.2) is 0 Å². The lowest BCUT2D eigenvalue weighted by atomic mass is 10.1. The maximum atomic E-state index is 11.9. The molecule has 1 amide bonds. The van der Waals surface area contributed by atoms with Gasteiger partial charge in [0, 0.05) is 12.0 Å². The quantitative estimate of drug-likeness (QED) is 0.812. The molecule has 5 heteroatoms. The third kappa shape index (κ3) is 2.80. The second-order valence-electron chi connectivity index (χ2n) is 3.94. The van der Waals surface area contributed by atoms with Crippen molar-refractivity contribution >= 4 is 11.9 Å².